The number of hydrogen-bond donors (Lipinski definition) is 2. The predicted octanol–water partition coefficient (Wildman–Crippen LogP) is 1.49. The summed E-state index contributed by atoms with van der Waals surface area (Å²) in [6, 6.07) is 2.23. The van der Waals surface area contributed by atoms with Gasteiger partial charge >= 0.3 is 12.0 Å². The lowest BCUT2D eigenvalue weighted by Crippen LogP contribution is -2.16. The smallest absolute Gasteiger partial charge is 0.335 e. The van der Waals surface area contributed by atoms with Gasteiger partial charge in [-0.2, -0.15) is 0 Å². The van der Waals surface area contributed by atoms with Gasteiger partial charge in [0.15, 0.2) is 0 Å². The van der Waals surface area contributed by atoms with E-state index in [9.17, 15) is 13.2 Å². The second kappa shape index (κ2) is 5.17. The lowest BCUT2D eigenvalue weighted by atomic mass is 10.1. The van der Waals surface area contributed by atoms with Gasteiger partial charge in [-0.15, -0.1) is 5.10 Å². The summed E-state index contributed by atoms with van der Waals surface area (Å²) in [5.74, 6) is -0.997. The van der Waals surface area contributed by atoms with E-state index in [4.69, 9.17) is 9.52 Å². The van der Waals surface area contributed by atoms with Gasteiger partial charge in [-0.25, -0.2) is 17.9 Å². The Labute approximate surface area is 120 Å². The van der Waals surface area contributed by atoms with Crippen LogP contribution in [-0.2, 0) is 10.0 Å². The molecule has 112 valence electrons. The van der Waals surface area contributed by atoms with E-state index >= 15 is 0 Å². The molecule has 2 N–H and O–H groups in total. The summed E-state index contributed by atoms with van der Waals surface area (Å²) in [5, 5.41) is 16.1. The highest BCUT2D eigenvalue weighted by Crippen LogP contribution is 2.23. The van der Waals surface area contributed by atoms with Gasteiger partial charge in [0.05, 0.1) is 10.5 Å². The molecule has 0 amide bonds. The SMILES string of the molecule is Cc1nnc(NS(=O)(=O)c2cc(C(=O)O)cc(C)c2C)o1. The van der Waals surface area contributed by atoms with Crippen molar-refractivity contribution in [2.75, 3.05) is 4.72 Å². The zero-order chi connectivity index (χ0) is 15.8. The van der Waals surface area contributed by atoms with E-state index in [1.165, 1.54) is 13.0 Å². The van der Waals surface area contributed by atoms with E-state index in [2.05, 4.69) is 14.9 Å². The fourth-order valence-electron chi connectivity index (χ4n) is 1.74. The zero-order valence-electron chi connectivity index (χ0n) is 11.5. The number of anilines is 1. The first-order chi connectivity index (χ1) is 9.70. The molecule has 0 aliphatic rings. The van der Waals surface area contributed by atoms with Crippen LogP contribution in [-0.4, -0.2) is 29.7 Å². The largest absolute Gasteiger partial charge is 0.478 e. The summed E-state index contributed by atoms with van der Waals surface area (Å²) in [5.41, 5.74) is 0.890. The van der Waals surface area contributed by atoms with Crippen molar-refractivity contribution in [3.05, 3.63) is 34.7 Å². The van der Waals surface area contributed by atoms with Crippen LogP contribution in [0, 0.1) is 20.8 Å². The molecule has 0 atom stereocenters. The van der Waals surface area contributed by atoms with Crippen LogP contribution in [0.25, 0.3) is 0 Å². The summed E-state index contributed by atoms with van der Waals surface area (Å²) in [4.78, 5) is 10.9. The topological polar surface area (TPSA) is 122 Å². The number of aromatic carboxylic acids is 1. The Bertz CT molecular complexity index is 810. The number of carbonyl (C=O) groups is 1. The second-order valence-corrected chi connectivity index (χ2v) is 6.10. The van der Waals surface area contributed by atoms with Crippen molar-refractivity contribution in [3.63, 3.8) is 0 Å². The minimum Gasteiger partial charge on any atom is -0.478 e. The van der Waals surface area contributed by atoms with Crippen molar-refractivity contribution in [1.82, 2.24) is 10.2 Å². The van der Waals surface area contributed by atoms with Gasteiger partial charge in [0, 0.05) is 6.92 Å². The van der Waals surface area contributed by atoms with Crippen molar-refractivity contribution < 1.29 is 22.7 Å². The van der Waals surface area contributed by atoms with Crippen LogP contribution in [0.5, 0.6) is 0 Å². The number of benzene rings is 1. The molecule has 0 radical (unpaired) electrons. The Hall–Kier alpha value is -2.42. The second-order valence-electron chi connectivity index (χ2n) is 4.45. The normalized spacial score (nSPS) is 11.4. The molecule has 0 saturated heterocycles. The first-order valence-corrected chi connectivity index (χ1v) is 7.36. The molecular weight excluding hydrogens is 298 g/mol. The number of carboxylic acids is 1. The summed E-state index contributed by atoms with van der Waals surface area (Å²) in [7, 11) is -4.02. The quantitative estimate of drug-likeness (QED) is 0.877. The summed E-state index contributed by atoms with van der Waals surface area (Å²) >= 11 is 0. The first kappa shape index (κ1) is 15.0. The molecule has 1 aromatic carbocycles. The molecule has 1 aromatic heterocycles. The van der Waals surface area contributed by atoms with Gasteiger partial charge < -0.3 is 9.52 Å². The number of carboxylic acid groups (broad SMARTS) is 1. The average Bonchev–Trinajstić information content (AvgIpc) is 2.76. The monoisotopic (exact) mass is 311 g/mol. The molecule has 2 aromatic rings. The number of hydrogen-bond acceptors (Lipinski definition) is 6. The Kier molecular flexibility index (Phi) is 3.69. The molecule has 0 fully saturated rings. The summed E-state index contributed by atoms with van der Waals surface area (Å²) in [6.07, 6.45) is 0. The lowest BCUT2D eigenvalue weighted by molar-refractivity contribution is 0.0696. The van der Waals surface area contributed by atoms with Gasteiger partial charge in [-0.3, -0.25) is 0 Å². The number of nitrogens with zero attached hydrogens (tertiary/aromatic N) is 2. The van der Waals surface area contributed by atoms with Crippen molar-refractivity contribution in [3.8, 4) is 0 Å². The minimum atomic E-state index is -4.02. The third-order valence-electron chi connectivity index (χ3n) is 2.90. The van der Waals surface area contributed by atoms with Crippen LogP contribution in [0.2, 0.25) is 0 Å². The summed E-state index contributed by atoms with van der Waals surface area (Å²) in [6.45, 7) is 4.75. The van der Waals surface area contributed by atoms with Crippen LogP contribution in [0.4, 0.5) is 6.01 Å². The highest BCUT2D eigenvalue weighted by atomic mass is 32.2. The van der Waals surface area contributed by atoms with Gasteiger partial charge in [0.25, 0.3) is 10.0 Å². The molecule has 8 nitrogen and oxygen atoms in total. The van der Waals surface area contributed by atoms with Crippen molar-refractivity contribution in [1.29, 1.82) is 0 Å². The zero-order valence-corrected chi connectivity index (χ0v) is 12.4. The number of nitrogens with one attached hydrogen (secondary N) is 1. The van der Waals surface area contributed by atoms with Gasteiger partial charge in [-0.05, 0) is 37.1 Å². The molecule has 0 aliphatic carbocycles. The number of rotatable bonds is 4. The molecule has 0 bridgehead atoms. The predicted molar refractivity (Wildman–Crippen MR) is 72.7 cm³/mol. The van der Waals surface area contributed by atoms with Crippen LogP contribution < -0.4 is 4.72 Å². The molecule has 9 heteroatoms. The van der Waals surface area contributed by atoms with Crippen molar-refractivity contribution >= 4 is 22.0 Å². The molecule has 0 spiro atoms. The first-order valence-electron chi connectivity index (χ1n) is 5.88. The van der Waals surface area contributed by atoms with Gasteiger partial charge in [-0.1, -0.05) is 5.10 Å². The molecule has 2 rings (SSSR count). The maximum absolute atomic E-state index is 12.3. The Morgan fingerprint density at radius 1 is 1.24 bits per heavy atom. The highest BCUT2D eigenvalue weighted by molar-refractivity contribution is 7.92. The van der Waals surface area contributed by atoms with E-state index in [1.54, 1.807) is 13.8 Å². The molecule has 0 saturated carbocycles. The van der Waals surface area contributed by atoms with Gasteiger partial charge in [0.1, 0.15) is 0 Å². The minimum absolute atomic E-state index is 0.111. The van der Waals surface area contributed by atoms with E-state index < -0.39 is 16.0 Å². The molecular formula is C12H13N3O5S. The number of aromatic nitrogens is 2. The van der Waals surface area contributed by atoms with Crippen LogP contribution in [0.1, 0.15) is 27.4 Å². The standard InChI is InChI=1S/C12H13N3O5S/c1-6-4-9(11(16)17)5-10(7(6)2)21(18,19)15-12-14-13-8(3)20-12/h4-5H,1-3H3,(H,14,15)(H,16,17). The highest BCUT2D eigenvalue weighted by Gasteiger charge is 2.22. The molecule has 1 heterocycles. The fourth-order valence-corrected chi connectivity index (χ4v) is 3.01. The van der Waals surface area contributed by atoms with E-state index in [0.29, 0.717) is 11.1 Å². The summed E-state index contributed by atoms with van der Waals surface area (Å²) < 4.78 is 31.7. The number of aryl methyl sites for hydroxylation is 2. The Balaban J connectivity index is 2.51. The lowest BCUT2D eigenvalue weighted by Gasteiger charge is -2.11. The van der Waals surface area contributed by atoms with E-state index in [0.717, 1.165) is 6.07 Å². The van der Waals surface area contributed by atoms with E-state index in [1.807, 2.05) is 0 Å². The van der Waals surface area contributed by atoms with Crippen LogP contribution in [0.15, 0.2) is 21.4 Å². The van der Waals surface area contributed by atoms with Crippen LogP contribution >= 0.6 is 0 Å². The maximum Gasteiger partial charge on any atom is 0.335 e. The van der Waals surface area contributed by atoms with Gasteiger partial charge in [0.2, 0.25) is 5.89 Å². The maximum atomic E-state index is 12.3. The fraction of sp³-hybridized carbons (Fsp3) is 0.250. The van der Waals surface area contributed by atoms with Crippen LogP contribution in [0.3, 0.4) is 0 Å². The Morgan fingerprint density at radius 2 is 1.90 bits per heavy atom. The van der Waals surface area contributed by atoms with Crippen molar-refractivity contribution in [2.45, 2.75) is 25.7 Å². The molecule has 0 aliphatic heterocycles. The number of sulfonamides is 1. The average molecular weight is 311 g/mol. The molecule has 21 heavy (non-hydrogen) atoms. The third-order valence-corrected chi connectivity index (χ3v) is 4.35. The van der Waals surface area contributed by atoms with E-state index in [-0.39, 0.29) is 22.4 Å². The van der Waals surface area contributed by atoms with Crippen molar-refractivity contribution in [2.24, 2.45) is 0 Å². The Morgan fingerprint density at radius 3 is 2.43 bits per heavy atom. The molecule has 0 unspecified atom stereocenters. The third kappa shape index (κ3) is 3.02.